The largest absolute Gasteiger partial charge is 0.294 e. The molecule has 0 N–H and O–H groups in total. The predicted molar refractivity (Wildman–Crippen MR) is 68.0 cm³/mol. The topological polar surface area (TPSA) is 12.4 Å². The van der Waals surface area contributed by atoms with E-state index in [1.165, 1.54) is 24.8 Å². The first kappa shape index (κ1) is 10.1. The molecule has 0 saturated heterocycles. The molecule has 0 spiro atoms. The lowest BCUT2D eigenvalue weighted by molar-refractivity contribution is 0.368. The molecule has 0 aliphatic heterocycles. The van der Waals surface area contributed by atoms with Crippen molar-refractivity contribution in [1.29, 1.82) is 0 Å². The Morgan fingerprint density at radius 3 is 2.62 bits per heavy atom. The van der Waals surface area contributed by atoms with Crippen molar-refractivity contribution in [2.24, 2.45) is 16.8 Å². The van der Waals surface area contributed by atoms with Crippen molar-refractivity contribution in [2.45, 2.75) is 38.1 Å². The van der Waals surface area contributed by atoms with Gasteiger partial charge >= 0.3 is 0 Å². The first-order valence-electron chi connectivity index (χ1n) is 6.43. The van der Waals surface area contributed by atoms with Crippen LogP contribution >= 0.6 is 0 Å². The van der Waals surface area contributed by atoms with Gasteiger partial charge in [-0.1, -0.05) is 30.3 Å². The minimum Gasteiger partial charge on any atom is -0.294 e. The van der Waals surface area contributed by atoms with E-state index in [9.17, 15) is 0 Å². The quantitative estimate of drug-likeness (QED) is 0.665. The maximum absolute atomic E-state index is 4.74. The summed E-state index contributed by atoms with van der Waals surface area (Å²) in [5, 5.41) is 0. The highest BCUT2D eigenvalue weighted by atomic mass is 14.8. The van der Waals surface area contributed by atoms with Crippen LogP contribution < -0.4 is 0 Å². The second-order valence-electron chi connectivity index (χ2n) is 5.17. The van der Waals surface area contributed by atoms with E-state index in [4.69, 9.17) is 4.99 Å². The second kappa shape index (κ2) is 4.04. The van der Waals surface area contributed by atoms with E-state index in [1.807, 2.05) is 13.1 Å². The fourth-order valence-electron chi connectivity index (χ4n) is 3.79. The van der Waals surface area contributed by atoms with E-state index in [2.05, 4.69) is 30.3 Å². The predicted octanol–water partition coefficient (Wildman–Crippen LogP) is 3.66. The van der Waals surface area contributed by atoms with Gasteiger partial charge in [-0.15, -0.1) is 0 Å². The maximum atomic E-state index is 4.74. The van der Waals surface area contributed by atoms with E-state index in [0.717, 1.165) is 11.8 Å². The van der Waals surface area contributed by atoms with Gasteiger partial charge in [0.15, 0.2) is 0 Å². The Labute approximate surface area is 97.6 Å². The molecule has 2 fully saturated rings. The number of hydrogen-bond donors (Lipinski definition) is 0. The first-order chi connectivity index (χ1) is 7.90. The lowest BCUT2D eigenvalue weighted by Gasteiger charge is -2.28. The fourth-order valence-corrected chi connectivity index (χ4v) is 3.79. The van der Waals surface area contributed by atoms with Crippen molar-refractivity contribution in [1.82, 2.24) is 0 Å². The number of nitrogens with zero attached hydrogens (tertiary/aromatic N) is 1. The number of rotatable bonds is 2. The molecular formula is C15H19N. The summed E-state index contributed by atoms with van der Waals surface area (Å²) in [6.45, 7) is 2.05. The molecule has 2 bridgehead atoms. The number of aliphatic imine (C=N–C) groups is 1. The van der Waals surface area contributed by atoms with E-state index in [-0.39, 0.29) is 0 Å². The smallest absolute Gasteiger partial charge is 0.0594 e. The van der Waals surface area contributed by atoms with Crippen LogP contribution in [0.1, 0.15) is 37.7 Å². The third kappa shape index (κ3) is 1.50. The van der Waals surface area contributed by atoms with Gasteiger partial charge in [0, 0.05) is 5.92 Å². The van der Waals surface area contributed by atoms with Gasteiger partial charge in [-0.25, -0.2) is 0 Å². The van der Waals surface area contributed by atoms with Crippen molar-refractivity contribution >= 4 is 6.21 Å². The van der Waals surface area contributed by atoms with E-state index < -0.39 is 0 Å². The molecular weight excluding hydrogens is 194 g/mol. The van der Waals surface area contributed by atoms with E-state index >= 15 is 0 Å². The number of fused-ring (bicyclic) bond motifs is 2. The summed E-state index contributed by atoms with van der Waals surface area (Å²) < 4.78 is 0. The van der Waals surface area contributed by atoms with Gasteiger partial charge in [-0.2, -0.15) is 0 Å². The zero-order valence-electron chi connectivity index (χ0n) is 9.84. The summed E-state index contributed by atoms with van der Waals surface area (Å²) in [4.78, 5) is 4.74. The van der Waals surface area contributed by atoms with Crippen LogP contribution in [0.5, 0.6) is 0 Å². The monoisotopic (exact) mass is 213 g/mol. The Hall–Kier alpha value is -1.11. The highest BCUT2D eigenvalue weighted by Gasteiger charge is 2.47. The van der Waals surface area contributed by atoms with Crippen molar-refractivity contribution in [3.8, 4) is 0 Å². The zero-order valence-corrected chi connectivity index (χ0v) is 9.84. The third-order valence-electron chi connectivity index (χ3n) is 4.38. The standard InChI is InChI=1S/C15H19N/c1-2-16-15-13-9-8-12(10-13)14(15)11-6-4-3-5-7-11/h2-7,12-15H,8-10H2,1H3. The lowest BCUT2D eigenvalue weighted by atomic mass is 9.80. The van der Waals surface area contributed by atoms with Gasteiger partial charge in [-0.05, 0) is 49.8 Å². The van der Waals surface area contributed by atoms with Crippen molar-refractivity contribution in [3.63, 3.8) is 0 Å². The van der Waals surface area contributed by atoms with Crippen molar-refractivity contribution in [3.05, 3.63) is 35.9 Å². The maximum Gasteiger partial charge on any atom is 0.0594 e. The highest BCUT2D eigenvalue weighted by Crippen LogP contribution is 2.54. The summed E-state index contributed by atoms with van der Waals surface area (Å²) in [6.07, 6.45) is 6.22. The zero-order chi connectivity index (χ0) is 11.0. The molecule has 2 aliphatic rings. The minimum absolute atomic E-state index is 0.561. The number of benzene rings is 1. The minimum atomic E-state index is 0.561. The lowest BCUT2D eigenvalue weighted by Crippen LogP contribution is -2.24. The summed E-state index contributed by atoms with van der Waals surface area (Å²) >= 11 is 0. The van der Waals surface area contributed by atoms with Gasteiger partial charge in [0.1, 0.15) is 0 Å². The Bertz CT molecular complexity index is 382. The average molecular weight is 213 g/mol. The van der Waals surface area contributed by atoms with Gasteiger partial charge in [0.2, 0.25) is 0 Å². The summed E-state index contributed by atoms with van der Waals surface area (Å²) in [7, 11) is 0. The van der Waals surface area contributed by atoms with Crippen LogP contribution in [0.4, 0.5) is 0 Å². The van der Waals surface area contributed by atoms with Gasteiger partial charge in [-0.3, -0.25) is 4.99 Å². The molecule has 84 valence electrons. The Morgan fingerprint density at radius 2 is 1.88 bits per heavy atom. The van der Waals surface area contributed by atoms with Gasteiger partial charge in [0.25, 0.3) is 0 Å². The summed E-state index contributed by atoms with van der Waals surface area (Å²) in [5.41, 5.74) is 1.50. The van der Waals surface area contributed by atoms with Gasteiger partial charge in [0.05, 0.1) is 6.04 Å². The molecule has 1 aromatic carbocycles. The van der Waals surface area contributed by atoms with Crippen LogP contribution in [0.3, 0.4) is 0 Å². The van der Waals surface area contributed by atoms with Crippen LogP contribution in [0.15, 0.2) is 35.3 Å². The van der Waals surface area contributed by atoms with E-state index in [1.54, 1.807) is 0 Å². The molecule has 0 aromatic heterocycles. The van der Waals surface area contributed by atoms with Crippen molar-refractivity contribution in [2.75, 3.05) is 0 Å². The Morgan fingerprint density at radius 1 is 1.12 bits per heavy atom. The van der Waals surface area contributed by atoms with Crippen LogP contribution in [0, 0.1) is 11.8 Å². The van der Waals surface area contributed by atoms with Crippen LogP contribution in [0.2, 0.25) is 0 Å². The molecule has 4 atom stereocenters. The van der Waals surface area contributed by atoms with Crippen LogP contribution in [0.25, 0.3) is 0 Å². The Balaban J connectivity index is 1.93. The molecule has 1 heteroatoms. The molecule has 0 amide bonds. The molecule has 0 radical (unpaired) electrons. The first-order valence-corrected chi connectivity index (χ1v) is 6.43. The summed E-state index contributed by atoms with van der Waals surface area (Å²) in [5.74, 6) is 2.43. The van der Waals surface area contributed by atoms with Crippen LogP contribution in [-0.2, 0) is 0 Å². The molecule has 3 rings (SSSR count). The Kier molecular flexibility index (Phi) is 2.55. The van der Waals surface area contributed by atoms with E-state index in [0.29, 0.717) is 12.0 Å². The molecule has 1 nitrogen and oxygen atoms in total. The molecule has 0 heterocycles. The average Bonchev–Trinajstić information content (AvgIpc) is 2.91. The fraction of sp³-hybridized carbons (Fsp3) is 0.533. The molecule has 2 aliphatic carbocycles. The highest BCUT2D eigenvalue weighted by molar-refractivity contribution is 5.54. The molecule has 4 unspecified atom stereocenters. The van der Waals surface area contributed by atoms with Crippen molar-refractivity contribution < 1.29 is 0 Å². The summed E-state index contributed by atoms with van der Waals surface area (Å²) in [6, 6.07) is 11.6. The third-order valence-corrected chi connectivity index (χ3v) is 4.38. The SMILES string of the molecule is CC=NC1C2CCC(C2)C1c1ccccc1. The molecule has 2 saturated carbocycles. The number of hydrogen-bond acceptors (Lipinski definition) is 1. The van der Waals surface area contributed by atoms with Gasteiger partial charge < -0.3 is 0 Å². The normalized spacial score (nSPS) is 37.3. The molecule has 1 aromatic rings. The second-order valence-corrected chi connectivity index (χ2v) is 5.17. The van der Waals surface area contributed by atoms with Crippen LogP contribution in [-0.4, -0.2) is 12.3 Å². The molecule has 16 heavy (non-hydrogen) atoms.